The number of rotatable bonds is 5. The molecule has 2 aromatic carbocycles. The summed E-state index contributed by atoms with van der Waals surface area (Å²) in [5.74, 6) is -0.765. The van der Waals surface area contributed by atoms with Gasteiger partial charge in [0.1, 0.15) is 5.75 Å². The monoisotopic (exact) mass is 313 g/mol. The lowest BCUT2D eigenvalue weighted by Gasteiger charge is -2.11. The van der Waals surface area contributed by atoms with E-state index in [0.29, 0.717) is 17.0 Å². The van der Waals surface area contributed by atoms with Gasteiger partial charge in [-0.15, -0.1) is 0 Å². The number of anilines is 1. The summed E-state index contributed by atoms with van der Waals surface area (Å²) in [4.78, 5) is 22.8. The lowest BCUT2D eigenvalue weighted by molar-refractivity contribution is -0.139. The minimum Gasteiger partial charge on any atom is -0.482 e. The van der Waals surface area contributed by atoms with Crippen LogP contribution in [-0.4, -0.2) is 23.6 Å². The molecule has 120 valence electrons. The molecule has 0 aliphatic heterocycles. The van der Waals surface area contributed by atoms with Gasteiger partial charge in [-0.2, -0.15) is 0 Å². The van der Waals surface area contributed by atoms with E-state index in [1.165, 1.54) is 0 Å². The molecule has 1 amide bonds. The van der Waals surface area contributed by atoms with Crippen molar-refractivity contribution in [1.82, 2.24) is 0 Å². The molecule has 0 aliphatic carbocycles. The Balaban J connectivity index is 2.11. The van der Waals surface area contributed by atoms with Crippen molar-refractivity contribution < 1.29 is 19.4 Å². The first-order chi connectivity index (χ1) is 10.9. The van der Waals surface area contributed by atoms with Crippen molar-refractivity contribution in [1.29, 1.82) is 0 Å². The maximum atomic E-state index is 12.3. The highest BCUT2D eigenvalue weighted by Gasteiger charge is 2.10. The molecule has 0 radical (unpaired) electrons. The van der Waals surface area contributed by atoms with E-state index in [0.717, 1.165) is 16.7 Å². The van der Waals surface area contributed by atoms with Crippen LogP contribution in [0.25, 0.3) is 0 Å². The summed E-state index contributed by atoms with van der Waals surface area (Å²) in [7, 11) is 0. The quantitative estimate of drug-likeness (QED) is 0.888. The van der Waals surface area contributed by atoms with Crippen LogP contribution in [0.15, 0.2) is 36.4 Å². The molecule has 5 heteroatoms. The summed E-state index contributed by atoms with van der Waals surface area (Å²) in [6.07, 6.45) is 0. The summed E-state index contributed by atoms with van der Waals surface area (Å²) in [6.45, 7) is 5.39. The SMILES string of the molecule is Cc1ccc(C(=O)Nc2ccc(OCC(=O)O)cc2C)cc1C. The van der Waals surface area contributed by atoms with Gasteiger partial charge >= 0.3 is 5.97 Å². The van der Waals surface area contributed by atoms with Gasteiger partial charge in [0.15, 0.2) is 6.61 Å². The highest BCUT2D eigenvalue weighted by atomic mass is 16.5. The van der Waals surface area contributed by atoms with Crippen LogP contribution < -0.4 is 10.1 Å². The fourth-order valence-electron chi connectivity index (χ4n) is 2.09. The van der Waals surface area contributed by atoms with Gasteiger partial charge in [0, 0.05) is 11.3 Å². The maximum absolute atomic E-state index is 12.3. The Bertz CT molecular complexity index is 753. The van der Waals surface area contributed by atoms with Gasteiger partial charge in [0.05, 0.1) is 0 Å². The Morgan fingerprint density at radius 2 is 1.74 bits per heavy atom. The van der Waals surface area contributed by atoms with Crippen LogP contribution in [0.5, 0.6) is 5.75 Å². The third-order valence-corrected chi connectivity index (χ3v) is 3.58. The number of carboxylic acid groups (broad SMARTS) is 1. The van der Waals surface area contributed by atoms with E-state index >= 15 is 0 Å². The number of aliphatic carboxylic acids is 1. The molecule has 0 fully saturated rings. The van der Waals surface area contributed by atoms with Crippen LogP contribution in [-0.2, 0) is 4.79 Å². The molecule has 0 saturated carbocycles. The van der Waals surface area contributed by atoms with Crippen molar-refractivity contribution in [2.45, 2.75) is 20.8 Å². The number of hydrogen-bond donors (Lipinski definition) is 2. The normalized spacial score (nSPS) is 10.2. The molecule has 23 heavy (non-hydrogen) atoms. The first kappa shape index (κ1) is 16.5. The first-order valence-electron chi connectivity index (χ1n) is 7.20. The highest BCUT2D eigenvalue weighted by Crippen LogP contribution is 2.22. The predicted octanol–water partition coefficient (Wildman–Crippen LogP) is 3.33. The van der Waals surface area contributed by atoms with Crippen LogP contribution in [0.2, 0.25) is 0 Å². The molecular weight excluding hydrogens is 294 g/mol. The second-order valence-corrected chi connectivity index (χ2v) is 5.41. The zero-order chi connectivity index (χ0) is 17.0. The number of benzene rings is 2. The number of carbonyl (C=O) groups excluding carboxylic acids is 1. The number of aryl methyl sites for hydroxylation is 3. The van der Waals surface area contributed by atoms with Crippen LogP contribution in [0, 0.1) is 20.8 Å². The molecule has 2 N–H and O–H groups in total. The van der Waals surface area contributed by atoms with E-state index in [4.69, 9.17) is 9.84 Å². The van der Waals surface area contributed by atoms with E-state index in [2.05, 4.69) is 5.32 Å². The Morgan fingerprint density at radius 1 is 1.00 bits per heavy atom. The topological polar surface area (TPSA) is 75.6 Å². The average Bonchev–Trinajstić information content (AvgIpc) is 2.50. The maximum Gasteiger partial charge on any atom is 0.341 e. The predicted molar refractivity (Wildman–Crippen MR) is 88.2 cm³/mol. The van der Waals surface area contributed by atoms with E-state index < -0.39 is 12.6 Å². The van der Waals surface area contributed by atoms with Crippen LogP contribution >= 0.6 is 0 Å². The molecule has 0 bridgehead atoms. The smallest absolute Gasteiger partial charge is 0.341 e. The lowest BCUT2D eigenvalue weighted by Crippen LogP contribution is -2.13. The van der Waals surface area contributed by atoms with Crippen LogP contribution in [0.3, 0.4) is 0 Å². The third-order valence-electron chi connectivity index (χ3n) is 3.58. The number of amides is 1. The number of nitrogens with one attached hydrogen (secondary N) is 1. The number of hydrogen-bond acceptors (Lipinski definition) is 3. The van der Waals surface area contributed by atoms with E-state index in [9.17, 15) is 9.59 Å². The molecule has 0 saturated heterocycles. The van der Waals surface area contributed by atoms with Crippen LogP contribution in [0.1, 0.15) is 27.0 Å². The molecule has 0 aromatic heterocycles. The average molecular weight is 313 g/mol. The van der Waals surface area contributed by atoms with Gasteiger partial charge in [0.25, 0.3) is 5.91 Å². The van der Waals surface area contributed by atoms with Crippen molar-refractivity contribution in [2.75, 3.05) is 11.9 Å². The van der Waals surface area contributed by atoms with E-state index in [1.807, 2.05) is 32.9 Å². The second-order valence-electron chi connectivity index (χ2n) is 5.41. The molecule has 2 aromatic rings. The minimum absolute atomic E-state index is 0.185. The Morgan fingerprint density at radius 3 is 2.35 bits per heavy atom. The molecule has 0 aliphatic rings. The zero-order valence-electron chi connectivity index (χ0n) is 13.3. The van der Waals surface area contributed by atoms with Crippen molar-refractivity contribution in [3.8, 4) is 5.75 Å². The van der Waals surface area contributed by atoms with Gasteiger partial charge < -0.3 is 15.2 Å². The Kier molecular flexibility index (Phi) is 5.01. The molecule has 0 unspecified atom stereocenters. The molecule has 0 spiro atoms. The van der Waals surface area contributed by atoms with Crippen molar-refractivity contribution in [2.24, 2.45) is 0 Å². The molecule has 0 atom stereocenters. The lowest BCUT2D eigenvalue weighted by atomic mass is 10.1. The Labute approximate surface area is 134 Å². The summed E-state index contributed by atoms with van der Waals surface area (Å²) in [5, 5.41) is 11.5. The number of carboxylic acids is 1. The standard InChI is InChI=1S/C18H19NO4/c1-11-4-5-14(8-12(11)2)18(22)19-16-7-6-15(9-13(16)3)23-10-17(20)21/h4-9H,10H2,1-3H3,(H,19,22)(H,20,21). The zero-order valence-corrected chi connectivity index (χ0v) is 13.3. The van der Waals surface area contributed by atoms with E-state index in [1.54, 1.807) is 24.3 Å². The molecular formula is C18H19NO4. The van der Waals surface area contributed by atoms with Gasteiger partial charge in [-0.1, -0.05) is 6.07 Å². The van der Waals surface area contributed by atoms with Crippen molar-refractivity contribution >= 4 is 17.6 Å². The molecule has 5 nitrogen and oxygen atoms in total. The Hall–Kier alpha value is -2.82. The first-order valence-corrected chi connectivity index (χ1v) is 7.20. The summed E-state index contributed by atoms with van der Waals surface area (Å²) in [6, 6.07) is 10.6. The second kappa shape index (κ2) is 6.96. The largest absolute Gasteiger partial charge is 0.482 e. The van der Waals surface area contributed by atoms with E-state index in [-0.39, 0.29) is 5.91 Å². The summed E-state index contributed by atoms with van der Waals surface area (Å²) in [5.41, 5.74) is 4.25. The third kappa shape index (κ3) is 4.32. The van der Waals surface area contributed by atoms with Gasteiger partial charge in [-0.05, 0) is 67.8 Å². The molecule has 2 rings (SSSR count). The van der Waals surface area contributed by atoms with Crippen molar-refractivity contribution in [3.63, 3.8) is 0 Å². The highest BCUT2D eigenvalue weighted by molar-refractivity contribution is 6.04. The van der Waals surface area contributed by atoms with Gasteiger partial charge in [-0.3, -0.25) is 4.79 Å². The van der Waals surface area contributed by atoms with Crippen LogP contribution in [0.4, 0.5) is 5.69 Å². The fourth-order valence-corrected chi connectivity index (χ4v) is 2.09. The van der Waals surface area contributed by atoms with Crippen molar-refractivity contribution in [3.05, 3.63) is 58.7 Å². The summed E-state index contributed by atoms with van der Waals surface area (Å²) < 4.78 is 5.11. The van der Waals surface area contributed by atoms with Gasteiger partial charge in [-0.25, -0.2) is 4.79 Å². The molecule has 0 heterocycles. The van der Waals surface area contributed by atoms with Gasteiger partial charge in [0.2, 0.25) is 0 Å². The fraction of sp³-hybridized carbons (Fsp3) is 0.222. The minimum atomic E-state index is -1.03. The summed E-state index contributed by atoms with van der Waals surface area (Å²) >= 11 is 0. The number of ether oxygens (including phenoxy) is 1. The number of carbonyl (C=O) groups is 2.